The van der Waals surface area contributed by atoms with Gasteiger partial charge in [0.25, 0.3) is 11.6 Å². The summed E-state index contributed by atoms with van der Waals surface area (Å²) in [6, 6.07) is 1.44. The van der Waals surface area contributed by atoms with E-state index in [1.165, 1.54) is 7.11 Å². The third-order valence-corrected chi connectivity index (χ3v) is 2.79. The fourth-order valence-corrected chi connectivity index (χ4v) is 1.69. The lowest BCUT2D eigenvalue weighted by atomic mass is 10.1. The number of rotatable bonds is 6. The van der Waals surface area contributed by atoms with E-state index in [9.17, 15) is 19.3 Å². The number of nitrogens with zero attached hydrogens (tertiary/aromatic N) is 1. The van der Waals surface area contributed by atoms with Crippen molar-refractivity contribution in [2.75, 3.05) is 19.5 Å². The number of anilines is 1. The lowest BCUT2D eigenvalue weighted by Gasteiger charge is -2.16. The van der Waals surface area contributed by atoms with Crippen molar-refractivity contribution in [1.29, 1.82) is 0 Å². The summed E-state index contributed by atoms with van der Waals surface area (Å²) in [5.74, 6) is -1.70. The molecule has 0 aromatic heterocycles. The molecular weight excluding hydrogens is 269 g/mol. The molecule has 0 bridgehead atoms. The van der Waals surface area contributed by atoms with Gasteiger partial charge in [-0.15, -0.1) is 0 Å². The van der Waals surface area contributed by atoms with Crippen LogP contribution in [-0.4, -0.2) is 30.6 Å². The van der Waals surface area contributed by atoms with Crippen molar-refractivity contribution in [3.05, 3.63) is 33.6 Å². The third kappa shape index (κ3) is 3.41. The smallest absolute Gasteiger partial charge is 0.293 e. The van der Waals surface area contributed by atoms with Gasteiger partial charge in [-0.05, 0) is 12.5 Å². The van der Waals surface area contributed by atoms with Crippen LogP contribution in [0.15, 0.2) is 12.1 Å². The highest BCUT2D eigenvalue weighted by Gasteiger charge is 2.24. The molecule has 0 saturated heterocycles. The maximum absolute atomic E-state index is 13.7. The largest absolute Gasteiger partial charge is 0.392 e. The average Bonchev–Trinajstić information content (AvgIpc) is 2.37. The molecule has 1 rings (SSSR count). The van der Waals surface area contributed by atoms with Gasteiger partial charge in [0.2, 0.25) is 0 Å². The first-order chi connectivity index (χ1) is 9.42. The van der Waals surface area contributed by atoms with Crippen LogP contribution in [0.3, 0.4) is 0 Å². The molecule has 0 aliphatic heterocycles. The number of nitrogens with one attached hydrogen (secondary N) is 1. The molecule has 1 amide bonds. The van der Waals surface area contributed by atoms with Gasteiger partial charge < -0.3 is 15.8 Å². The molecule has 1 aromatic rings. The number of halogens is 1. The molecule has 3 N–H and O–H groups in total. The molecule has 110 valence electrons. The van der Waals surface area contributed by atoms with Crippen LogP contribution >= 0.6 is 0 Å². The zero-order valence-corrected chi connectivity index (χ0v) is 11.2. The highest BCUT2D eigenvalue weighted by molar-refractivity contribution is 6.01. The second kappa shape index (κ2) is 6.80. The number of nitrogen functional groups attached to an aromatic ring is 1. The van der Waals surface area contributed by atoms with Gasteiger partial charge in [-0.25, -0.2) is 4.39 Å². The van der Waals surface area contributed by atoms with Crippen molar-refractivity contribution in [2.24, 2.45) is 0 Å². The van der Waals surface area contributed by atoms with Crippen LogP contribution in [0.25, 0.3) is 0 Å². The first-order valence-electron chi connectivity index (χ1n) is 5.94. The topological polar surface area (TPSA) is 107 Å². The van der Waals surface area contributed by atoms with E-state index < -0.39 is 33.6 Å². The first-order valence-corrected chi connectivity index (χ1v) is 5.94. The van der Waals surface area contributed by atoms with Gasteiger partial charge in [-0.2, -0.15) is 0 Å². The Hall–Kier alpha value is -2.22. The molecule has 0 spiro atoms. The molecule has 1 unspecified atom stereocenters. The van der Waals surface area contributed by atoms with E-state index in [0.29, 0.717) is 6.42 Å². The summed E-state index contributed by atoms with van der Waals surface area (Å²) in [7, 11) is 1.47. The predicted octanol–water partition coefficient (Wildman–Crippen LogP) is 1.47. The summed E-state index contributed by atoms with van der Waals surface area (Å²) in [6.45, 7) is 2.07. The van der Waals surface area contributed by atoms with Crippen LogP contribution < -0.4 is 11.1 Å². The lowest BCUT2D eigenvalue weighted by molar-refractivity contribution is -0.384. The second-order valence-electron chi connectivity index (χ2n) is 4.15. The van der Waals surface area contributed by atoms with E-state index in [2.05, 4.69) is 5.32 Å². The number of hydrogen-bond donors (Lipinski definition) is 2. The van der Waals surface area contributed by atoms with Crippen molar-refractivity contribution in [2.45, 2.75) is 19.4 Å². The van der Waals surface area contributed by atoms with E-state index in [4.69, 9.17) is 10.5 Å². The summed E-state index contributed by atoms with van der Waals surface area (Å²) in [6.07, 6.45) is 0.566. The monoisotopic (exact) mass is 285 g/mol. The van der Waals surface area contributed by atoms with E-state index in [1.54, 1.807) is 0 Å². The number of hydrogen-bond acceptors (Lipinski definition) is 5. The quantitative estimate of drug-likeness (QED) is 0.467. The lowest BCUT2D eigenvalue weighted by Crippen LogP contribution is -2.38. The van der Waals surface area contributed by atoms with Gasteiger partial charge in [-0.3, -0.25) is 14.9 Å². The number of nitro benzene ring substituents is 1. The fraction of sp³-hybridized carbons (Fsp3) is 0.417. The highest BCUT2D eigenvalue weighted by atomic mass is 19.1. The molecule has 0 aliphatic rings. The van der Waals surface area contributed by atoms with E-state index in [1.807, 2.05) is 6.92 Å². The number of amides is 1. The molecule has 0 aliphatic carbocycles. The summed E-state index contributed by atoms with van der Waals surface area (Å²) in [5, 5.41) is 13.3. The average molecular weight is 285 g/mol. The molecule has 0 fully saturated rings. The Kier molecular flexibility index (Phi) is 5.39. The fourth-order valence-electron chi connectivity index (χ4n) is 1.69. The Morgan fingerprint density at radius 1 is 1.60 bits per heavy atom. The van der Waals surface area contributed by atoms with Crippen LogP contribution in [-0.2, 0) is 4.74 Å². The van der Waals surface area contributed by atoms with Crippen LogP contribution in [0, 0.1) is 15.9 Å². The Bertz CT molecular complexity index is 522. The zero-order chi connectivity index (χ0) is 15.3. The summed E-state index contributed by atoms with van der Waals surface area (Å²) < 4.78 is 18.6. The van der Waals surface area contributed by atoms with Gasteiger partial charge in [0.1, 0.15) is 17.1 Å². The van der Waals surface area contributed by atoms with E-state index in [0.717, 1.165) is 12.1 Å². The van der Waals surface area contributed by atoms with Crippen LogP contribution in [0.2, 0.25) is 0 Å². The third-order valence-electron chi connectivity index (χ3n) is 2.79. The Morgan fingerprint density at radius 2 is 2.25 bits per heavy atom. The van der Waals surface area contributed by atoms with Gasteiger partial charge >= 0.3 is 0 Å². The predicted molar refractivity (Wildman–Crippen MR) is 70.9 cm³/mol. The molecule has 7 nitrogen and oxygen atoms in total. The van der Waals surface area contributed by atoms with Crippen molar-refractivity contribution >= 4 is 17.3 Å². The number of ether oxygens (including phenoxy) is 1. The normalized spacial score (nSPS) is 11.9. The number of carbonyl (C=O) groups is 1. The van der Waals surface area contributed by atoms with Crippen LogP contribution in [0.5, 0.6) is 0 Å². The SMILES string of the molecule is CCC(COC)NC(=O)c1c(F)ccc([N+](=O)[O-])c1N. The number of methoxy groups -OCH3 is 1. The second-order valence-corrected chi connectivity index (χ2v) is 4.15. The first kappa shape index (κ1) is 15.8. The molecule has 0 heterocycles. The maximum Gasteiger partial charge on any atom is 0.293 e. The molecule has 1 atom stereocenters. The highest BCUT2D eigenvalue weighted by Crippen LogP contribution is 2.27. The molecule has 0 saturated carbocycles. The number of nitrogens with two attached hydrogens (primary N) is 1. The summed E-state index contributed by atoms with van der Waals surface area (Å²) >= 11 is 0. The number of benzene rings is 1. The summed E-state index contributed by atoms with van der Waals surface area (Å²) in [4.78, 5) is 22.0. The van der Waals surface area contributed by atoms with E-state index in [-0.39, 0.29) is 12.6 Å². The maximum atomic E-state index is 13.7. The molecule has 0 radical (unpaired) electrons. The number of nitro groups is 1. The molecule has 20 heavy (non-hydrogen) atoms. The standard InChI is InChI=1S/C12H16FN3O4/c1-3-7(6-20-2)15-12(17)10-8(13)4-5-9(11(10)14)16(18)19/h4-5,7H,3,6,14H2,1-2H3,(H,15,17). The van der Waals surface area contributed by atoms with Crippen LogP contribution in [0.4, 0.5) is 15.8 Å². The minimum atomic E-state index is -0.905. The summed E-state index contributed by atoms with van der Waals surface area (Å²) in [5.41, 5.74) is 3.99. The van der Waals surface area contributed by atoms with Gasteiger partial charge in [0, 0.05) is 13.2 Å². The number of carbonyl (C=O) groups excluding carboxylic acids is 1. The Labute approximate surface area is 115 Å². The van der Waals surface area contributed by atoms with Crippen LogP contribution in [0.1, 0.15) is 23.7 Å². The van der Waals surface area contributed by atoms with Crippen molar-refractivity contribution in [3.8, 4) is 0 Å². The minimum absolute atomic E-state index is 0.249. The molecule has 8 heteroatoms. The van der Waals surface area contributed by atoms with Crippen molar-refractivity contribution in [1.82, 2.24) is 5.32 Å². The minimum Gasteiger partial charge on any atom is -0.392 e. The Morgan fingerprint density at radius 3 is 2.75 bits per heavy atom. The van der Waals surface area contributed by atoms with E-state index >= 15 is 0 Å². The molecular formula is C12H16FN3O4. The van der Waals surface area contributed by atoms with Gasteiger partial charge in [0.05, 0.1) is 17.6 Å². The van der Waals surface area contributed by atoms with Gasteiger partial charge in [-0.1, -0.05) is 6.92 Å². The Balaban J connectivity index is 3.09. The van der Waals surface area contributed by atoms with Crippen molar-refractivity contribution < 1.29 is 18.8 Å². The van der Waals surface area contributed by atoms with Gasteiger partial charge in [0.15, 0.2) is 0 Å². The van der Waals surface area contributed by atoms with Crippen molar-refractivity contribution in [3.63, 3.8) is 0 Å². The molecule has 1 aromatic carbocycles. The zero-order valence-electron chi connectivity index (χ0n) is 11.2.